The van der Waals surface area contributed by atoms with E-state index in [9.17, 15) is 22.0 Å². The lowest BCUT2D eigenvalue weighted by Crippen LogP contribution is -2.36. The second-order valence-electron chi connectivity index (χ2n) is 5.40. The van der Waals surface area contributed by atoms with Crippen LogP contribution in [0, 0.1) is 0 Å². The van der Waals surface area contributed by atoms with Crippen LogP contribution >= 0.6 is 0 Å². The zero-order chi connectivity index (χ0) is 15.8. The number of unbranched alkanes of at least 4 members (excludes halogenated alkanes) is 2. The fourth-order valence-corrected chi connectivity index (χ4v) is 2.22. The van der Waals surface area contributed by atoms with E-state index in [-0.39, 0.29) is 12.5 Å². The van der Waals surface area contributed by atoms with Gasteiger partial charge in [-0.3, -0.25) is 0 Å². The molecule has 0 spiro atoms. The van der Waals surface area contributed by atoms with Gasteiger partial charge in [-0.25, -0.2) is 0 Å². The summed E-state index contributed by atoms with van der Waals surface area (Å²) in [5, 5.41) is 0. The molecule has 0 bridgehead atoms. The molecule has 21 heavy (non-hydrogen) atoms. The molecule has 1 fully saturated rings. The molecule has 1 unspecified atom stereocenters. The van der Waals surface area contributed by atoms with Crippen molar-refractivity contribution in [2.24, 2.45) is 0 Å². The van der Waals surface area contributed by atoms with Gasteiger partial charge in [-0.05, 0) is 38.5 Å². The Balaban J connectivity index is 1.93. The average Bonchev–Trinajstić information content (AvgIpc) is 2.41. The molecule has 0 radical (unpaired) electrons. The van der Waals surface area contributed by atoms with Gasteiger partial charge in [-0.2, -0.15) is 22.0 Å². The van der Waals surface area contributed by atoms with Gasteiger partial charge in [0.05, 0.1) is 6.10 Å². The van der Waals surface area contributed by atoms with Gasteiger partial charge in [0, 0.05) is 26.2 Å². The Morgan fingerprint density at radius 1 is 0.952 bits per heavy atom. The summed E-state index contributed by atoms with van der Waals surface area (Å²) in [4.78, 5) is 0. The molecule has 1 saturated heterocycles. The first-order valence-corrected chi connectivity index (χ1v) is 7.47. The minimum Gasteiger partial charge on any atom is -0.381 e. The quantitative estimate of drug-likeness (QED) is 0.452. The number of halogens is 5. The van der Waals surface area contributed by atoms with Crippen LogP contribution in [-0.4, -0.2) is 38.0 Å². The van der Waals surface area contributed by atoms with Crippen LogP contribution in [0.3, 0.4) is 0 Å². The topological polar surface area (TPSA) is 18.5 Å². The highest BCUT2D eigenvalue weighted by atomic mass is 19.4. The Hall–Kier alpha value is -0.430. The lowest BCUT2D eigenvalue weighted by Gasteiger charge is -2.22. The third kappa shape index (κ3) is 7.40. The molecule has 2 nitrogen and oxygen atoms in total. The minimum atomic E-state index is -5.44. The summed E-state index contributed by atoms with van der Waals surface area (Å²) in [5.74, 6) is -4.58. The van der Waals surface area contributed by atoms with Crippen LogP contribution in [0.5, 0.6) is 0 Å². The van der Waals surface area contributed by atoms with Crippen LogP contribution in [0.2, 0.25) is 0 Å². The van der Waals surface area contributed by atoms with Gasteiger partial charge in [0.25, 0.3) is 0 Å². The molecular formula is C14H23F5O2. The van der Waals surface area contributed by atoms with Crippen molar-refractivity contribution in [3.8, 4) is 0 Å². The van der Waals surface area contributed by atoms with E-state index in [0.717, 1.165) is 32.3 Å². The van der Waals surface area contributed by atoms with Crippen molar-refractivity contribution in [2.45, 2.75) is 69.6 Å². The summed E-state index contributed by atoms with van der Waals surface area (Å²) in [6.07, 6.45) is -1.58. The first-order chi connectivity index (χ1) is 9.83. The average molecular weight is 318 g/mol. The van der Waals surface area contributed by atoms with Crippen LogP contribution < -0.4 is 0 Å². The van der Waals surface area contributed by atoms with Crippen molar-refractivity contribution in [2.75, 3.05) is 19.8 Å². The van der Waals surface area contributed by atoms with E-state index in [1.54, 1.807) is 0 Å². The van der Waals surface area contributed by atoms with Crippen molar-refractivity contribution in [3.05, 3.63) is 0 Å². The summed E-state index contributed by atoms with van der Waals surface area (Å²) in [7, 11) is 0. The predicted molar refractivity (Wildman–Crippen MR) is 68.5 cm³/mol. The number of hydrogen-bond acceptors (Lipinski definition) is 2. The number of ether oxygens (including phenoxy) is 2. The van der Waals surface area contributed by atoms with Crippen LogP contribution in [-0.2, 0) is 9.47 Å². The second kappa shape index (κ2) is 8.88. The van der Waals surface area contributed by atoms with Crippen LogP contribution in [0.25, 0.3) is 0 Å². The molecule has 0 N–H and O–H groups in total. The number of hydrogen-bond donors (Lipinski definition) is 0. The molecule has 1 rings (SSSR count). The van der Waals surface area contributed by atoms with E-state index in [1.165, 1.54) is 0 Å². The maximum atomic E-state index is 12.6. The lowest BCUT2D eigenvalue weighted by molar-refractivity contribution is -0.284. The first-order valence-electron chi connectivity index (χ1n) is 7.47. The second-order valence-corrected chi connectivity index (χ2v) is 5.40. The molecular weight excluding hydrogens is 295 g/mol. The van der Waals surface area contributed by atoms with E-state index in [2.05, 4.69) is 0 Å². The molecule has 1 heterocycles. The van der Waals surface area contributed by atoms with E-state index < -0.39 is 18.5 Å². The van der Waals surface area contributed by atoms with Gasteiger partial charge < -0.3 is 9.47 Å². The minimum absolute atomic E-state index is 0.151. The van der Waals surface area contributed by atoms with E-state index in [4.69, 9.17) is 9.47 Å². The van der Waals surface area contributed by atoms with Gasteiger partial charge in [-0.15, -0.1) is 0 Å². The monoisotopic (exact) mass is 318 g/mol. The van der Waals surface area contributed by atoms with Gasteiger partial charge in [0.15, 0.2) is 0 Å². The molecule has 1 atom stereocenters. The molecule has 1 aliphatic heterocycles. The lowest BCUT2D eigenvalue weighted by atomic mass is 10.1. The Morgan fingerprint density at radius 2 is 1.71 bits per heavy atom. The summed E-state index contributed by atoms with van der Waals surface area (Å²) in [5.41, 5.74) is 0. The van der Waals surface area contributed by atoms with Gasteiger partial charge in [0.1, 0.15) is 0 Å². The molecule has 0 aromatic carbocycles. The molecule has 0 aromatic rings. The third-order valence-corrected chi connectivity index (χ3v) is 3.55. The Morgan fingerprint density at radius 3 is 2.33 bits per heavy atom. The first kappa shape index (κ1) is 18.6. The fourth-order valence-electron chi connectivity index (χ4n) is 2.22. The predicted octanol–water partition coefficient (Wildman–Crippen LogP) is 4.72. The summed E-state index contributed by atoms with van der Waals surface area (Å²) in [6.45, 7) is 1.73. The molecule has 0 aromatic heterocycles. The Bertz CT molecular complexity index is 275. The number of rotatable bonds is 9. The smallest absolute Gasteiger partial charge is 0.381 e. The van der Waals surface area contributed by atoms with Crippen LogP contribution in [0.4, 0.5) is 22.0 Å². The van der Waals surface area contributed by atoms with E-state index in [0.29, 0.717) is 26.1 Å². The Labute approximate surface area is 122 Å². The van der Waals surface area contributed by atoms with Gasteiger partial charge in [-0.1, -0.05) is 6.42 Å². The largest absolute Gasteiger partial charge is 0.453 e. The van der Waals surface area contributed by atoms with Crippen LogP contribution in [0.1, 0.15) is 51.4 Å². The highest BCUT2D eigenvalue weighted by molar-refractivity contribution is 4.75. The highest BCUT2D eigenvalue weighted by Gasteiger charge is 2.56. The van der Waals surface area contributed by atoms with Crippen LogP contribution in [0.15, 0.2) is 0 Å². The number of alkyl halides is 5. The molecule has 0 saturated carbocycles. The van der Waals surface area contributed by atoms with Crippen molar-refractivity contribution in [3.63, 3.8) is 0 Å². The third-order valence-electron chi connectivity index (χ3n) is 3.55. The van der Waals surface area contributed by atoms with Gasteiger partial charge in [0.2, 0.25) is 0 Å². The van der Waals surface area contributed by atoms with Crippen molar-refractivity contribution >= 4 is 0 Å². The zero-order valence-electron chi connectivity index (χ0n) is 12.1. The summed E-state index contributed by atoms with van der Waals surface area (Å²) < 4.78 is 71.8. The van der Waals surface area contributed by atoms with Crippen molar-refractivity contribution in [1.82, 2.24) is 0 Å². The SMILES string of the molecule is FC(F)(F)C(F)(F)CCCCCOCCC1CCCCO1. The van der Waals surface area contributed by atoms with Gasteiger partial charge >= 0.3 is 12.1 Å². The van der Waals surface area contributed by atoms with E-state index in [1.807, 2.05) is 0 Å². The maximum Gasteiger partial charge on any atom is 0.453 e. The molecule has 126 valence electrons. The summed E-state index contributed by atoms with van der Waals surface area (Å²) >= 11 is 0. The normalized spacial score (nSPS) is 20.7. The fraction of sp³-hybridized carbons (Fsp3) is 1.00. The Kier molecular flexibility index (Phi) is 7.87. The van der Waals surface area contributed by atoms with Crippen molar-refractivity contribution in [1.29, 1.82) is 0 Å². The van der Waals surface area contributed by atoms with Crippen molar-refractivity contribution < 1.29 is 31.4 Å². The molecule has 7 heteroatoms. The molecule has 0 aliphatic carbocycles. The van der Waals surface area contributed by atoms with E-state index >= 15 is 0 Å². The highest BCUT2D eigenvalue weighted by Crippen LogP contribution is 2.39. The molecule has 1 aliphatic rings. The standard InChI is InChI=1S/C14H23F5O2/c15-13(16,14(17,18)19)8-3-1-4-9-20-11-7-12-6-2-5-10-21-12/h12H,1-11H2. The zero-order valence-corrected chi connectivity index (χ0v) is 12.1. The maximum absolute atomic E-state index is 12.6. The molecule has 0 amide bonds. The summed E-state index contributed by atoms with van der Waals surface area (Å²) in [6, 6.07) is 0.